The van der Waals surface area contributed by atoms with Crippen molar-refractivity contribution in [3.63, 3.8) is 0 Å². The predicted molar refractivity (Wildman–Crippen MR) is 84.2 cm³/mol. The van der Waals surface area contributed by atoms with Crippen molar-refractivity contribution in [2.45, 2.75) is 51.2 Å². The molecule has 0 aliphatic carbocycles. The number of carboxylic acid groups (broad SMARTS) is 1. The van der Waals surface area contributed by atoms with Crippen molar-refractivity contribution in [3.05, 3.63) is 35.9 Å². The summed E-state index contributed by atoms with van der Waals surface area (Å²) in [5, 5.41) is 13.1. The van der Waals surface area contributed by atoms with E-state index in [0.717, 1.165) is 25.1 Å². The molecule has 0 aromatic heterocycles. The zero-order chi connectivity index (χ0) is 15.3. The molecule has 21 heavy (non-hydrogen) atoms. The molecule has 1 aliphatic rings. The number of carboxylic acids is 1. The van der Waals surface area contributed by atoms with E-state index in [1.807, 2.05) is 30.3 Å². The third kappa shape index (κ3) is 4.05. The van der Waals surface area contributed by atoms with Crippen molar-refractivity contribution in [2.75, 3.05) is 13.1 Å². The lowest BCUT2D eigenvalue weighted by Crippen LogP contribution is -2.52. The monoisotopic (exact) mass is 290 g/mol. The number of likely N-dealkylation sites (tertiary alicyclic amines) is 1. The highest BCUT2D eigenvalue weighted by Crippen LogP contribution is 2.24. The molecule has 1 aromatic rings. The Bertz CT molecular complexity index is 461. The summed E-state index contributed by atoms with van der Waals surface area (Å²) in [5.74, 6) is -0.718. The maximum Gasteiger partial charge on any atom is 0.323 e. The van der Waals surface area contributed by atoms with Gasteiger partial charge in [0, 0.05) is 19.1 Å². The first-order valence-corrected chi connectivity index (χ1v) is 7.80. The summed E-state index contributed by atoms with van der Waals surface area (Å²) in [6.45, 7) is 6.77. The van der Waals surface area contributed by atoms with Gasteiger partial charge < -0.3 is 10.0 Å². The smallest absolute Gasteiger partial charge is 0.323 e. The minimum Gasteiger partial charge on any atom is -0.480 e. The standard InChI is InChI=1S/C17H26N2O2/c1-14(2)19-11-6-9-17(10-12-19,16(20)21)18-13-15-7-4-3-5-8-15/h3-5,7-8,14,18H,6,9-13H2,1-2H3,(H,20,21). The Hall–Kier alpha value is -1.39. The highest BCUT2D eigenvalue weighted by Gasteiger charge is 2.39. The summed E-state index contributed by atoms with van der Waals surface area (Å²) in [5.41, 5.74) is 0.336. The van der Waals surface area contributed by atoms with Gasteiger partial charge >= 0.3 is 5.97 Å². The molecule has 4 heteroatoms. The number of hydrogen-bond donors (Lipinski definition) is 2. The third-order valence-electron chi connectivity index (χ3n) is 4.49. The first kappa shape index (κ1) is 16.0. The molecule has 1 heterocycles. The minimum atomic E-state index is -0.792. The van der Waals surface area contributed by atoms with Gasteiger partial charge in [-0.2, -0.15) is 0 Å². The highest BCUT2D eigenvalue weighted by molar-refractivity contribution is 5.78. The van der Waals surface area contributed by atoms with Crippen molar-refractivity contribution in [3.8, 4) is 0 Å². The molecule has 2 rings (SSSR count). The molecule has 4 nitrogen and oxygen atoms in total. The van der Waals surface area contributed by atoms with Crippen molar-refractivity contribution in [1.29, 1.82) is 0 Å². The lowest BCUT2D eigenvalue weighted by Gasteiger charge is -2.30. The van der Waals surface area contributed by atoms with E-state index in [9.17, 15) is 9.90 Å². The Kier molecular flexibility index (Phi) is 5.37. The molecule has 116 valence electrons. The topological polar surface area (TPSA) is 52.6 Å². The predicted octanol–water partition coefficient (Wildman–Crippen LogP) is 2.49. The molecule has 0 amide bonds. The summed E-state index contributed by atoms with van der Waals surface area (Å²) in [6.07, 6.45) is 2.28. The quantitative estimate of drug-likeness (QED) is 0.875. The summed E-state index contributed by atoms with van der Waals surface area (Å²) in [4.78, 5) is 14.2. The Morgan fingerprint density at radius 3 is 2.62 bits per heavy atom. The van der Waals surface area contributed by atoms with Crippen LogP contribution in [0, 0.1) is 0 Å². The van der Waals surface area contributed by atoms with Crippen molar-refractivity contribution in [2.24, 2.45) is 0 Å². The van der Waals surface area contributed by atoms with E-state index in [1.165, 1.54) is 0 Å². The van der Waals surface area contributed by atoms with Gasteiger partial charge in [0.15, 0.2) is 0 Å². The van der Waals surface area contributed by atoms with Gasteiger partial charge in [-0.1, -0.05) is 30.3 Å². The zero-order valence-corrected chi connectivity index (χ0v) is 13.0. The number of aliphatic carboxylic acids is 1. The second-order valence-electron chi connectivity index (χ2n) is 6.21. The van der Waals surface area contributed by atoms with Gasteiger partial charge in [0.1, 0.15) is 5.54 Å². The Labute approximate surface area is 127 Å². The van der Waals surface area contributed by atoms with E-state index in [4.69, 9.17) is 0 Å². The highest BCUT2D eigenvalue weighted by atomic mass is 16.4. The summed E-state index contributed by atoms with van der Waals surface area (Å²) in [7, 11) is 0. The first-order chi connectivity index (χ1) is 10.0. The second kappa shape index (κ2) is 7.05. The Morgan fingerprint density at radius 2 is 2.00 bits per heavy atom. The van der Waals surface area contributed by atoms with Crippen LogP contribution in [0.1, 0.15) is 38.7 Å². The van der Waals surface area contributed by atoms with Crippen molar-refractivity contribution in [1.82, 2.24) is 10.2 Å². The van der Waals surface area contributed by atoms with Crippen LogP contribution in [0.25, 0.3) is 0 Å². The molecule has 0 radical (unpaired) electrons. The number of hydrogen-bond acceptors (Lipinski definition) is 3. The molecule has 1 saturated heterocycles. The minimum absolute atomic E-state index is 0.476. The average Bonchev–Trinajstić information content (AvgIpc) is 2.70. The normalized spacial score (nSPS) is 24.0. The summed E-state index contributed by atoms with van der Waals surface area (Å²) >= 11 is 0. The van der Waals surface area contributed by atoms with Crippen LogP contribution in [-0.2, 0) is 11.3 Å². The van der Waals surface area contributed by atoms with Gasteiger partial charge in [0.25, 0.3) is 0 Å². The van der Waals surface area contributed by atoms with E-state index in [1.54, 1.807) is 0 Å². The van der Waals surface area contributed by atoms with Crippen LogP contribution in [0.2, 0.25) is 0 Å². The fourth-order valence-corrected chi connectivity index (χ4v) is 3.00. The van der Waals surface area contributed by atoms with Gasteiger partial charge in [-0.15, -0.1) is 0 Å². The molecule has 1 fully saturated rings. The number of carbonyl (C=O) groups is 1. The third-order valence-corrected chi connectivity index (χ3v) is 4.49. The maximum atomic E-state index is 11.8. The Balaban J connectivity index is 2.05. The van der Waals surface area contributed by atoms with Crippen LogP contribution >= 0.6 is 0 Å². The maximum absolute atomic E-state index is 11.8. The van der Waals surface area contributed by atoms with Crippen LogP contribution < -0.4 is 5.32 Å². The van der Waals surface area contributed by atoms with E-state index in [2.05, 4.69) is 24.1 Å². The van der Waals surface area contributed by atoms with E-state index in [0.29, 0.717) is 25.4 Å². The van der Waals surface area contributed by atoms with Crippen LogP contribution in [0.4, 0.5) is 0 Å². The summed E-state index contributed by atoms with van der Waals surface area (Å²) in [6, 6.07) is 10.5. The van der Waals surface area contributed by atoms with Crippen LogP contribution in [0.5, 0.6) is 0 Å². The van der Waals surface area contributed by atoms with E-state index in [-0.39, 0.29) is 0 Å². The molecule has 2 N–H and O–H groups in total. The molecular formula is C17H26N2O2. The van der Waals surface area contributed by atoms with E-state index >= 15 is 0 Å². The van der Waals surface area contributed by atoms with E-state index < -0.39 is 11.5 Å². The lowest BCUT2D eigenvalue weighted by atomic mass is 9.90. The number of nitrogens with zero attached hydrogens (tertiary/aromatic N) is 1. The molecule has 1 atom stereocenters. The molecular weight excluding hydrogens is 264 g/mol. The lowest BCUT2D eigenvalue weighted by molar-refractivity contribution is -0.145. The molecule has 1 unspecified atom stereocenters. The van der Waals surface area contributed by atoms with Gasteiger partial charge in [0.05, 0.1) is 0 Å². The molecule has 1 aliphatic heterocycles. The molecule has 0 spiro atoms. The van der Waals surface area contributed by atoms with Crippen LogP contribution in [0.3, 0.4) is 0 Å². The van der Waals surface area contributed by atoms with Crippen molar-refractivity contribution < 1.29 is 9.90 Å². The zero-order valence-electron chi connectivity index (χ0n) is 13.0. The van der Waals surface area contributed by atoms with Gasteiger partial charge in [-0.3, -0.25) is 10.1 Å². The number of nitrogens with one attached hydrogen (secondary N) is 1. The van der Waals surface area contributed by atoms with Gasteiger partial charge in [-0.05, 0) is 45.2 Å². The van der Waals surface area contributed by atoms with Crippen LogP contribution in [0.15, 0.2) is 30.3 Å². The molecule has 1 aromatic carbocycles. The first-order valence-electron chi connectivity index (χ1n) is 7.80. The number of rotatable bonds is 5. The van der Waals surface area contributed by atoms with Gasteiger partial charge in [-0.25, -0.2) is 0 Å². The molecule has 0 saturated carbocycles. The summed E-state index contributed by atoms with van der Waals surface area (Å²) < 4.78 is 0. The average molecular weight is 290 g/mol. The van der Waals surface area contributed by atoms with Crippen LogP contribution in [-0.4, -0.2) is 40.6 Å². The Morgan fingerprint density at radius 1 is 1.29 bits per heavy atom. The second-order valence-corrected chi connectivity index (χ2v) is 6.21. The fraction of sp³-hybridized carbons (Fsp3) is 0.588. The van der Waals surface area contributed by atoms with Crippen molar-refractivity contribution >= 4 is 5.97 Å². The molecule has 0 bridgehead atoms. The fourth-order valence-electron chi connectivity index (χ4n) is 3.00. The van der Waals surface area contributed by atoms with Gasteiger partial charge in [0.2, 0.25) is 0 Å². The SMILES string of the molecule is CC(C)N1CCCC(NCc2ccccc2)(C(=O)O)CC1. The number of benzene rings is 1. The largest absolute Gasteiger partial charge is 0.480 e.